The van der Waals surface area contributed by atoms with Crippen molar-refractivity contribution in [2.75, 3.05) is 13.1 Å². The third kappa shape index (κ3) is 2.47. The Morgan fingerprint density at radius 1 is 1.14 bits per heavy atom. The Morgan fingerprint density at radius 2 is 1.76 bits per heavy atom. The van der Waals surface area contributed by atoms with Gasteiger partial charge in [0.1, 0.15) is 4.90 Å². The van der Waals surface area contributed by atoms with E-state index in [0.717, 1.165) is 10.9 Å². The molecule has 0 amide bonds. The van der Waals surface area contributed by atoms with E-state index in [1.165, 1.54) is 0 Å². The molecular weight excluding hydrogens is 286 g/mol. The van der Waals surface area contributed by atoms with Crippen molar-refractivity contribution in [1.29, 1.82) is 0 Å². The number of piperazine rings is 1. The van der Waals surface area contributed by atoms with Gasteiger partial charge in [-0.05, 0) is 19.9 Å². The lowest BCUT2D eigenvalue weighted by Crippen LogP contribution is -2.55. The van der Waals surface area contributed by atoms with E-state index < -0.39 is 10.0 Å². The fourth-order valence-corrected chi connectivity index (χ4v) is 4.98. The first-order valence-electron chi connectivity index (χ1n) is 7.20. The molecule has 5 nitrogen and oxygen atoms in total. The standard InChI is InChI=1S/C15H21N3O2S/c1-11-8-18(9-12(2)16-11)21(19,20)15-10-17(3)14-7-5-4-6-13(14)15/h4-7,10-12,16H,8-9H2,1-3H3/t11-,12+. The van der Waals surface area contributed by atoms with E-state index in [1.807, 2.05) is 49.7 Å². The Balaban J connectivity index is 2.08. The van der Waals surface area contributed by atoms with Crippen molar-refractivity contribution in [3.8, 4) is 0 Å². The molecule has 1 fully saturated rings. The minimum absolute atomic E-state index is 0.165. The molecule has 1 aromatic heterocycles. The largest absolute Gasteiger partial charge is 0.349 e. The van der Waals surface area contributed by atoms with Gasteiger partial charge in [-0.1, -0.05) is 18.2 Å². The van der Waals surface area contributed by atoms with Crippen LogP contribution < -0.4 is 5.32 Å². The first-order valence-corrected chi connectivity index (χ1v) is 8.64. The summed E-state index contributed by atoms with van der Waals surface area (Å²) in [4.78, 5) is 0.405. The molecule has 1 aliphatic heterocycles. The zero-order valence-electron chi connectivity index (χ0n) is 12.6. The molecule has 2 atom stereocenters. The van der Waals surface area contributed by atoms with Gasteiger partial charge in [-0.3, -0.25) is 0 Å². The molecule has 0 bridgehead atoms. The van der Waals surface area contributed by atoms with Gasteiger partial charge < -0.3 is 9.88 Å². The van der Waals surface area contributed by atoms with Gasteiger partial charge in [0.25, 0.3) is 0 Å². The van der Waals surface area contributed by atoms with E-state index in [-0.39, 0.29) is 12.1 Å². The first kappa shape index (κ1) is 14.6. The molecule has 114 valence electrons. The normalized spacial score (nSPS) is 24.5. The van der Waals surface area contributed by atoms with E-state index in [0.29, 0.717) is 18.0 Å². The van der Waals surface area contributed by atoms with Crippen LogP contribution in [0.4, 0.5) is 0 Å². The van der Waals surface area contributed by atoms with E-state index in [4.69, 9.17) is 0 Å². The van der Waals surface area contributed by atoms with E-state index in [9.17, 15) is 8.42 Å². The van der Waals surface area contributed by atoms with Crippen molar-refractivity contribution in [3.63, 3.8) is 0 Å². The summed E-state index contributed by atoms with van der Waals surface area (Å²) < 4.78 is 29.5. The number of nitrogens with one attached hydrogen (secondary N) is 1. The highest BCUT2D eigenvalue weighted by Crippen LogP contribution is 2.28. The maximum atomic E-state index is 13.0. The van der Waals surface area contributed by atoms with Gasteiger partial charge >= 0.3 is 0 Å². The molecule has 0 saturated carbocycles. The molecule has 1 saturated heterocycles. The average Bonchev–Trinajstić information content (AvgIpc) is 2.76. The van der Waals surface area contributed by atoms with Gasteiger partial charge in [-0.15, -0.1) is 0 Å². The second-order valence-corrected chi connectivity index (χ2v) is 7.82. The Bertz CT molecular complexity index is 756. The molecule has 1 aromatic carbocycles. The number of fused-ring (bicyclic) bond motifs is 1. The van der Waals surface area contributed by atoms with Gasteiger partial charge in [-0.2, -0.15) is 4.31 Å². The lowest BCUT2D eigenvalue weighted by molar-refractivity contribution is 0.263. The van der Waals surface area contributed by atoms with Gasteiger partial charge in [-0.25, -0.2) is 8.42 Å². The lowest BCUT2D eigenvalue weighted by atomic mass is 10.2. The summed E-state index contributed by atoms with van der Waals surface area (Å²) >= 11 is 0. The first-order chi connectivity index (χ1) is 9.89. The summed E-state index contributed by atoms with van der Waals surface area (Å²) in [5.74, 6) is 0. The molecule has 0 unspecified atom stereocenters. The topological polar surface area (TPSA) is 54.3 Å². The molecule has 2 aromatic rings. The predicted molar refractivity (Wildman–Crippen MR) is 83.7 cm³/mol. The minimum atomic E-state index is -3.46. The lowest BCUT2D eigenvalue weighted by Gasteiger charge is -2.35. The predicted octanol–water partition coefficient (Wildman–Crippen LogP) is 1.55. The van der Waals surface area contributed by atoms with E-state index in [1.54, 1.807) is 10.5 Å². The SMILES string of the molecule is C[C@@H]1CN(S(=O)(=O)c2cn(C)c3ccccc23)C[C@H](C)N1. The van der Waals surface area contributed by atoms with Crippen LogP contribution in [-0.4, -0.2) is 42.5 Å². The highest BCUT2D eigenvalue weighted by atomic mass is 32.2. The maximum absolute atomic E-state index is 13.0. The van der Waals surface area contributed by atoms with Crippen molar-refractivity contribution >= 4 is 20.9 Å². The van der Waals surface area contributed by atoms with Crippen LogP contribution in [0.3, 0.4) is 0 Å². The summed E-state index contributed by atoms with van der Waals surface area (Å²) in [5.41, 5.74) is 0.937. The fraction of sp³-hybridized carbons (Fsp3) is 0.467. The monoisotopic (exact) mass is 307 g/mol. The van der Waals surface area contributed by atoms with Gasteiger partial charge in [0.05, 0.1) is 0 Å². The van der Waals surface area contributed by atoms with Crippen LogP contribution in [0.25, 0.3) is 10.9 Å². The molecular formula is C15H21N3O2S. The maximum Gasteiger partial charge on any atom is 0.245 e. The summed E-state index contributed by atoms with van der Waals surface area (Å²) in [6.07, 6.45) is 1.72. The zero-order valence-corrected chi connectivity index (χ0v) is 13.4. The van der Waals surface area contributed by atoms with Crippen LogP contribution in [0.2, 0.25) is 0 Å². The van der Waals surface area contributed by atoms with Gasteiger partial charge in [0.15, 0.2) is 0 Å². The molecule has 1 aliphatic rings. The quantitative estimate of drug-likeness (QED) is 0.916. The highest BCUT2D eigenvalue weighted by Gasteiger charge is 2.33. The average molecular weight is 307 g/mol. The van der Waals surface area contributed by atoms with Crippen LogP contribution in [0.5, 0.6) is 0 Å². The van der Waals surface area contributed by atoms with Crippen molar-refractivity contribution < 1.29 is 8.42 Å². The summed E-state index contributed by atoms with van der Waals surface area (Å²) in [7, 11) is -1.58. The van der Waals surface area contributed by atoms with Crippen LogP contribution in [0.15, 0.2) is 35.4 Å². The zero-order chi connectivity index (χ0) is 15.2. The van der Waals surface area contributed by atoms with Gasteiger partial charge in [0.2, 0.25) is 10.0 Å². The Labute approximate surface area is 125 Å². The number of hydrogen-bond acceptors (Lipinski definition) is 3. The molecule has 0 spiro atoms. The van der Waals surface area contributed by atoms with Crippen LogP contribution in [0, 0.1) is 0 Å². The Morgan fingerprint density at radius 3 is 2.43 bits per heavy atom. The van der Waals surface area contributed by atoms with Crippen molar-refractivity contribution in [2.45, 2.75) is 30.8 Å². The molecule has 3 rings (SSSR count). The molecule has 6 heteroatoms. The number of aromatic nitrogens is 1. The van der Waals surface area contributed by atoms with E-state index in [2.05, 4.69) is 5.32 Å². The van der Waals surface area contributed by atoms with Crippen molar-refractivity contribution in [3.05, 3.63) is 30.5 Å². The Hall–Kier alpha value is -1.37. The molecule has 1 N–H and O–H groups in total. The number of aryl methyl sites for hydroxylation is 1. The highest BCUT2D eigenvalue weighted by molar-refractivity contribution is 7.89. The Kier molecular flexibility index (Phi) is 3.55. The molecule has 0 aliphatic carbocycles. The summed E-state index contributed by atoms with van der Waals surface area (Å²) in [5, 5.41) is 4.15. The number of sulfonamides is 1. The third-order valence-electron chi connectivity index (χ3n) is 4.00. The minimum Gasteiger partial charge on any atom is -0.349 e. The second kappa shape index (κ2) is 5.12. The van der Waals surface area contributed by atoms with Crippen molar-refractivity contribution in [2.24, 2.45) is 7.05 Å². The van der Waals surface area contributed by atoms with E-state index >= 15 is 0 Å². The van der Waals surface area contributed by atoms with Gasteiger partial charge in [0, 0.05) is 49.3 Å². The summed E-state index contributed by atoms with van der Waals surface area (Å²) in [6, 6.07) is 7.95. The third-order valence-corrected chi connectivity index (χ3v) is 5.86. The smallest absolute Gasteiger partial charge is 0.245 e. The van der Waals surface area contributed by atoms with Crippen LogP contribution in [0.1, 0.15) is 13.8 Å². The van der Waals surface area contributed by atoms with Crippen molar-refractivity contribution in [1.82, 2.24) is 14.2 Å². The van der Waals surface area contributed by atoms with Crippen LogP contribution in [-0.2, 0) is 17.1 Å². The second-order valence-electron chi connectivity index (χ2n) is 5.91. The fourth-order valence-electron chi connectivity index (χ4n) is 3.12. The van der Waals surface area contributed by atoms with Crippen LogP contribution >= 0.6 is 0 Å². The molecule has 2 heterocycles. The number of nitrogens with zero attached hydrogens (tertiary/aromatic N) is 2. The molecule has 0 radical (unpaired) electrons. The summed E-state index contributed by atoms with van der Waals surface area (Å²) in [6.45, 7) is 5.05. The number of para-hydroxylation sites is 1. The molecule has 21 heavy (non-hydrogen) atoms. The number of benzene rings is 1. The number of hydrogen-bond donors (Lipinski definition) is 1. The number of rotatable bonds is 2.